The molecular formula is C4H9NO. The highest BCUT2D eigenvalue weighted by Gasteiger charge is 1.95. The summed E-state index contributed by atoms with van der Waals surface area (Å²) in [6, 6.07) is -2.45. The Morgan fingerprint density at radius 3 is 2.83 bits per heavy atom. The summed E-state index contributed by atoms with van der Waals surface area (Å²) in [6.07, 6.45) is 0. The van der Waals surface area contributed by atoms with Crippen LogP contribution in [-0.4, -0.2) is 11.8 Å². The summed E-state index contributed by atoms with van der Waals surface area (Å²) in [5, 5.41) is 0. The first-order valence-electron chi connectivity index (χ1n) is 3.49. The first-order chi connectivity index (χ1) is 4.19. The minimum Gasteiger partial charge on any atom is -0.322 e. The Labute approximate surface area is 43.0 Å². The molecule has 0 saturated heterocycles. The van der Waals surface area contributed by atoms with Crippen molar-refractivity contribution in [1.29, 1.82) is 0 Å². The van der Waals surface area contributed by atoms with Crippen molar-refractivity contribution in [2.45, 2.75) is 19.8 Å². The Hall–Kier alpha value is -0.370. The van der Waals surface area contributed by atoms with Crippen LogP contribution in [-0.2, 0) is 4.79 Å². The van der Waals surface area contributed by atoms with Crippen LogP contribution in [0, 0.1) is 0 Å². The zero-order valence-corrected chi connectivity index (χ0v) is 3.49. The Kier molecular flexibility index (Phi) is 0.520. The molecule has 0 amide bonds. The molecule has 0 radical (unpaired) electrons. The smallest absolute Gasteiger partial charge is 0.146 e. The third-order valence-corrected chi connectivity index (χ3v) is 0.379. The van der Waals surface area contributed by atoms with Crippen molar-refractivity contribution in [3.63, 3.8) is 0 Å². The van der Waals surface area contributed by atoms with Gasteiger partial charge in [0.2, 0.25) is 0 Å². The number of hydrogen-bond donors (Lipinski definition) is 1. The van der Waals surface area contributed by atoms with Crippen LogP contribution in [0.2, 0.25) is 0 Å². The number of carbonyl (C=O) groups is 1. The Bertz CT molecular complexity index is 150. The summed E-state index contributed by atoms with van der Waals surface area (Å²) < 4.78 is 26.9. The number of Topliss-reactive ketones (excluding diaryl/α,β-unsaturated/α-hetero) is 1. The fourth-order valence-electron chi connectivity index (χ4n) is 0. The van der Waals surface area contributed by atoms with E-state index in [1.54, 1.807) is 0 Å². The molecule has 0 bridgehead atoms. The van der Waals surface area contributed by atoms with Gasteiger partial charge in [-0.1, -0.05) is 0 Å². The van der Waals surface area contributed by atoms with Gasteiger partial charge in [-0.25, -0.2) is 0 Å². The molecule has 2 N–H and O–H groups in total. The Morgan fingerprint density at radius 1 is 2.33 bits per heavy atom. The van der Waals surface area contributed by atoms with E-state index in [-0.39, 0.29) is 0 Å². The third kappa shape index (κ3) is 1.91. The maximum Gasteiger partial charge on any atom is 0.146 e. The van der Waals surface area contributed by atoms with Crippen LogP contribution >= 0.6 is 0 Å². The zero-order chi connectivity index (χ0) is 8.58. The summed E-state index contributed by atoms with van der Waals surface area (Å²) in [6.45, 7) is -1.75. The normalized spacial score (nSPS) is 31.0. The second kappa shape index (κ2) is 1.92. The van der Waals surface area contributed by atoms with Gasteiger partial charge in [0.15, 0.2) is 0 Å². The molecular weight excluding hydrogens is 78.0 g/mol. The number of nitrogens with two attached hydrogens (primary N) is 1. The summed E-state index contributed by atoms with van der Waals surface area (Å²) in [4.78, 5) is 10.4. The van der Waals surface area contributed by atoms with Crippen LogP contribution in [0.3, 0.4) is 0 Å². The molecule has 6 heavy (non-hydrogen) atoms. The summed E-state index contributed by atoms with van der Waals surface area (Å²) >= 11 is 0. The lowest BCUT2D eigenvalue weighted by Gasteiger charge is -1.91. The number of ketones is 1. The lowest BCUT2D eigenvalue weighted by Crippen LogP contribution is -2.23. The van der Waals surface area contributed by atoms with E-state index in [0.29, 0.717) is 0 Å². The van der Waals surface area contributed by atoms with E-state index in [2.05, 4.69) is 0 Å². The molecule has 0 saturated carbocycles. The third-order valence-electron chi connectivity index (χ3n) is 0.379. The first kappa shape index (κ1) is 1.62. The lowest BCUT2D eigenvalue weighted by atomic mass is 10.3. The van der Waals surface area contributed by atoms with Gasteiger partial charge in [0.05, 0.1) is 7.39 Å². The van der Waals surface area contributed by atoms with Crippen molar-refractivity contribution in [2.75, 3.05) is 0 Å². The largest absolute Gasteiger partial charge is 0.322 e. The number of carbonyl (C=O) groups excluding carboxylic acids is 1. The van der Waals surface area contributed by atoms with Gasteiger partial charge in [-0.2, -0.15) is 0 Å². The Morgan fingerprint density at radius 2 is 2.83 bits per heavy atom. The van der Waals surface area contributed by atoms with Gasteiger partial charge in [-0.05, 0) is 13.8 Å². The molecule has 1 atom stereocenters. The topological polar surface area (TPSA) is 43.1 Å². The standard InChI is InChI=1S/C4H9NO/c1-3(5)4(2)6/h3H,5H2,1-2H3/t3-/m0/s1/i1D3,3D. The van der Waals surface area contributed by atoms with Crippen molar-refractivity contribution in [2.24, 2.45) is 5.73 Å². The summed E-state index contributed by atoms with van der Waals surface area (Å²) in [5.41, 5.74) is 4.89. The van der Waals surface area contributed by atoms with Crippen LogP contribution in [0.25, 0.3) is 0 Å². The van der Waals surface area contributed by atoms with Gasteiger partial charge >= 0.3 is 0 Å². The monoisotopic (exact) mass is 91.1 g/mol. The maximum absolute atomic E-state index is 10.4. The number of hydrogen-bond acceptors (Lipinski definition) is 2. The van der Waals surface area contributed by atoms with Crippen LogP contribution in [0.1, 0.15) is 19.3 Å². The fraction of sp³-hybridized carbons (Fsp3) is 0.750. The Balaban J connectivity index is 4.57. The van der Waals surface area contributed by atoms with Crippen molar-refractivity contribution in [1.82, 2.24) is 0 Å². The second-order valence-corrected chi connectivity index (χ2v) is 0.970. The van der Waals surface area contributed by atoms with E-state index in [1.165, 1.54) is 0 Å². The molecule has 0 heterocycles. The van der Waals surface area contributed by atoms with Crippen molar-refractivity contribution < 1.29 is 10.3 Å². The molecule has 0 aliphatic rings. The second-order valence-electron chi connectivity index (χ2n) is 0.970. The minimum atomic E-state index is -2.74. The van der Waals surface area contributed by atoms with Gasteiger partial charge in [-0.3, -0.25) is 4.79 Å². The predicted octanol–water partition coefficient (Wildman–Crippen LogP) is -0.0774. The molecule has 0 aliphatic heterocycles. The molecule has 2 heteroatoms. The van der Waals surface area contributed by atoms with Crippen LogP contribution in [0.5, 0.6) is 0 Å². The maximum atomic E-state index is 10.4. The van der Waals surface area contributed by atoms with Gasteiger partial charge < -0.3 is 5.73 Å². The van der Waals surface area contributed by atoms with Crippen molar-refractivity contribution in [3.05, 3.63) is 0 Å². The number of rotatable bonds is 1. The highest BCUT2D eigenvalue weighted by atomic mass is 16.1. The average molecular weight is 91.1 g/mol. The summed E-state index contributed by atoms with van der Waals surface area (Å²) in [5.74, 6) is -0.854. The molecule has 36 valence electrons. The molecule has 0 aromatic rings. The van der Waals surface area contributed by atoms with Gasteiger partial charge in [-0.15, -0.1) is 0 Å². The highest BCUT2D eigenvalue weighted by molar-refractivity contribution is 5.80. The molecule has 0 rings (SSSR count). The predicted molar refractivity (Wildman–Crippen MR) is 24.3 cm³/mol. The molecule has 0 aromatic heterocycles. The van der Waals surface area contributed by atoms with E-state index < -0.39 is 18.7 Å². The molecule has 2 nitrogen and oxygen atoms in total. The molecule has 0 fully saturated rings. The van der Waals surface area contributed by atoms with Crippen molar-refractivity contribution >= 4 is 5.78 Å². The van der Waals surface area contributed by atoms with Gasteiger partial charge in [0, 0.05) is 4.11 Å². The van der Waals surface area contributed by atoms with E-state index in [4.69, 9.17) is 11.2 Å². The highest BCUT2D eigenvalue weighted by Crippen LogP contribution is 1.72. The van der Waals surface area contributed by atoms with E-state index in [1.807, 2.05) is 0 Å². The minimum absolute atomic E-state index is 0.854. The van der Waals surface area contributed by atoms with Crippen LogP contribution in [0.4, 0.5) is 0 Å². The average Bonchev–Trinajstić information content (AvgIpc) is 1.62. The molecule has 0 unspecified atom stereocenters. The van der Waals surface area contributed by atoms with Gasteiger partial charge in [0.25, 0.3) is 0 Å². The molecule has 0 aliphatic carbocycles. The fourth-order valence-corrected chi connectivity index (χ4v) is 0. The molecule has 0 aromatic carbocycles. The zero-order valence-electron chi connectivity index (χ0n) is 7.49. The van der Waals surface area contributed by atoms with E-state index in [9.17, 15) is 4.79 Å². The van der Waals surface area contributed by atoms with Crippen LogP contribution < -0.4 is 5.73 Å². The van der Waals surface area contributed by atoms with E-state index in [0.717, 1.165) is 6.92 Å². The molecule has 0 spiro atoms. The quantitative estimate of drug-likeness (QED) is 0.490. The van der Waals surface area contributed by atoms with Crippen molar-refractivity contribution in [3.8, 4) is 0 Å². The SMILES string of the molecule is [2H]C([2H])([2H])[C@]([2H])(N)C(C)=O. The van der Waals surface area contributed by atoms with Gasteiger partial charge in [0.1, 0.15) is 5.78 Å². The lowest BCUT2D eigenvalue weighted by molar-refractivity contribution is -0.117. The first-order valence-corrected chi connectivity index (χ1v) is 1.49. The van der Waals surface area contributed by atoms with E-state index >= 15 is 0 Å². The van der Waals surface area contributed by atoms with Crippen LogP contribution in [0.15, 0.2) is 0 Å². The summed E-state index contributed by atoms with van der Waals surface area (Å²) in [7, 11) is 0.